The Morgan fingerprint density at radius 2 is 1.83 bits per heavy atom. The van der Waals surface area contributed by atoms with Crippen molar-refractivity contribution in [1.82, 2.24) is 0 Å². The third-order valence-corrected chi connectivity index (χ3v) is 3.17. The standard InChI is InChI=1S/C17H16ClNO4/c1-12-7-8-13(18)9-15(12)19-16(20)10-23-17(21)11-22-14-5-3-2-4-6-14/h2-9H,10-11H2,1H3,(H,19,20). The molecular formula is C17H16ClNO4. The van der Waals surface area contributed by atoms with E-state index in [1.54, 1.807) is 42.5 Å². The smallest absolute Gasteiger partial charge is 0.344 e. The van der Waals surface area contributed by atoms with Crippen molar-refractivity contribution in [3.8, 4) is 5.75 Å². The molecular weight excluding hydrogens is 318 g/mol. The molecule has 0 unspecified atom stereocenters. The number of esters is 1. The third kappa shape index (κ3) is 5.64. The molecule has 120 valence electrons. The fourth-order valence-electron chi connectivity index (χ4n) is 1.76. The van der Waals surface area contributed by atoms with Crippen molar-refractivity contribution in [2.24, 2.45) is 0 Å². The molecule has 0 aromatic heterocycles. The lowest BCUT2D eigenvalue weighted by atomic mass is 10.2. The van der Waals surface area contributed by atoms with Crippen LogP contribution in [0.1, 0.15) is 5.56 Å². The Bertz CT molecular complexity index is 688. The van der Waals surface area contributed by atoms with Gasteiger partial charge in [0.2, 0.25) is 0 Å². The minimum atomic E-state index is -0.619. The first-order chi connectivity index (χ1) is 11.0. The number of ether oxygens (including phenoxy) is 2. The number of aryl methyl sites for hydroxylation is 1. The van der Waals surface area contributed by atoms with E-state index in [1.165, 1.54) is 0 Å². The molecule has 0 bridgehead atoms. The lowest BCUT2D eigenvalue weighted by Gasteiger charge is -2.10. The molecule has 2 aromatic carbocycles. The average molecular weight is 334 g/mol. The quantitative estimate of drug-likeness (QED) is 0.824. The van der Waals surface area contributed by atoms with Gasteiger partial charge in [-0.3, -0.25) is 4.79 Å². The molecule has 6 heteroatoms. The molecule has 2 aromatic rings. The number of amides is 1. The highest BCUT2D eigenvalue weighted by atomic mass is 35.5. The number of para-hydroxylation sites is 1. The molecule has 23 heavy (non-hydrogen) atoms. The van der Waals surface area contributed by atoms with Crippen LogP contribution in [-0.2, 0) is 14.3 Å². The number of nitrogens with one attached hydrogen (secondary N) is 1. The summed E-state index contributed by atoms with van der Waals surface area (Å²) >= 11 is 5.87. The number of anilines is 1. The maximum absolute atomic E-state index is 11.8. The van der Waals surface area contributed by atoms with E-state index in [4.69, 9.17) is 21.1 Å². The molecule has 0 aliphatic heterocycles. The summed E-state index contributed by atoms with van der Waals surface area (Å²) in [6.07, 6.45) is 0. The van der Waals surface area contributed by atoms with Gasteiger partial charge in [-0.05, 0) is 36.8 Å². The Kier molecular flexibility index (Phi) is 6.00. The highest BCUT2D eigenvalue weighted by Crippen LogP contribution is 2.19. The van der Waals surface area contributed by atoms with Crippen molar-refractivity contribution in [1.29, 1.82) is 0 Å². The van der Waals surface area contributed by atoms with E-state index in [-0.39, 0.29) is 13.2 Å². The second-order valence-electron chi connectivity index (χ2n) is 4.77. The molecule has 0 saturated carbocycles. The fraction of sp³-hybridized carbons (Fsp3) is 0.176. The maximum atomic E-state index is 11.8. The van der Waals surface area contributed by atoms with Crippen LogP contribution >= 0.6 is 11.6 Å². The van der Waals surface area contributed by atoms with Crippen LogP contribution < -0.4 is 10.1 Å². The summed E-state index contributed by atoms with van der Waals surface area (Å²) in [7, 11) is 0. The van der Waals surface area contributed by atoms with E-state index in [0.29, 0.717) is 16.5 Å². The van der Waals surface area contributed by atoms with Gasteiger partial charge in [-0.25, -0.2) is 4.79 Å². The van der Waals surface area contributed by atoms with Crippen LogP contribution in [0.5, 0.6) is 5.75 Å². The zero-order valence-electron chi connectivity index (χ0n) is 12.5. The molecule has 5 nitrogen and oxygen atoms in total. The lowest BCUT2D eigenvalue weighted by Crippen LogP contribution is -2.24. The normalized spacial score (nSPS) is 10.0. The predicted molar refractivity (Wildman–Crippen MR) is 87.7 cm³/mol. The van der Waals surface area contributed by atoms with Gasteiger partial charge in [0.15, 0.2) is 13.2 Å². The molecule has 1 amide bonds. The van der Waals surface area contributed by atoms with Crippen LogP contribution in [0.25, 0.3) is 0 Å². The third-order valence-electron chi connectivity index (χ3n) is 2.94. The number of rotatable bonds is 6. The van der Waals surface area contributed by atoms with Crippen molar-refractivity contribution in [3.05, 3.63) is 59.1 Å². The van der Waals surface area contributed by atoms with Crippen molar-refractivity contribution >= 4 is 29.2 Å². The van der Waals surface area contributed by atoms with Crippen LogP contribution in [0.15, 0.2) is 48.5 Å². The summed E-state index contributed by atoms with van der Waals surface area (Å²) in [5, 5.41) is 3.15. The van der Waals surface area contributed by atoms with E-state index in [2.05, 4.69) is 5.32 Å². The van der Waals surface area contributed by atoms with Gasteiger partial charge in [0.1, 0.15) is 5.75 Å². The number of carbonyl (C=O) groups excluding carboxylic acids is 2. The summed E-state index contributed by atoms with van der Waals surface area (Å²) in [6, 6.07) is 14.0. The van der Waals surface area contributed by atoms with Crippen molar-refractivity contribution in [3.63, 3.8) is 0 Å². The summed E-state index contributed by atoms with van der Waals surface area (Å²) in [5.74, 6) is -0.501. The van der Waals surface area contributed by atoms with Crippen LogP contribution in [0.2, 0.25) is 5.02 Å². The summed E-state index contributed by atoms with van der Waals surface area (Å²) in [4.78, 5) is 23.3. The molecule has 2 rings (SSSR count). The van der Waals surface area contributed by atoms with Crippen LogP contribution in [0, 0.1) is 6.92 Å². The Hall–Kier alpha value is -2.53. The maximum Gasteiger partial charge on any atom is 0.344 e. The molecule has 0 heterocycles. The highest BCUT2D eigenvalue weighted by molar-refractivity contribution is 6.31. The lowest BCUT2D eigenvalue weighted by molar-refractivity contribution is -0.149. The zero-order valence-corrected chi connectivity index (χ0v) is 13.3. The van der Waals surface area contributed by atoms with Crippen LogP contribution in [0.4, 0.5) is 5.69 Å². The summed E-state index contributed by atoms with van der Waals surface area (Å²) in [6.45, 7) is 1.20. The van der Waals surface area contributed by atoms with E-state index in [0.717, 1.165) is 5.56 Å². The Morgan fingerprint density at radius 1 is 1.09 bits per heavy atom. The molecule has 0 fully saturated rings. The van der Waals surface area contributed by atoms with Crippen molar-refractivity contribution in [2.45, 2.75) is 6.92 Å². The van der Waals surface area contributed by atoms with Gasteiger partial charge in [0.25, 0.3) is 5.91 Å². The van der Waals surface area contributed by atoms with Gasteiger partial charge in [-0.2, -0.15) is 0 Å². The zero-order chi connectivity index (χ0) is 16.7. The predicted octanol–water partition coefficient (Wildman–Crippen LogP) is 3.21. The van der Waals surface area contributed by atoms with Gasteiger partial charge in [0, 0.05) is 10.7 Å². The molecule has 0 spiro atoms. The Balaban J connectivity index is 1.75. The first-order valence-corrected chi connectivity index (χ1v) is 7.32. The van der Waals surface area contributed by atoms with E-state index >= 15 is 0 Å². The van der Waals surface area contributed by atoms with Crippen LogP contribution in [0.3, 0.4) is 0 Å². The number of carbonyl (C=O) groups is 2. The average Bonchev–Trinajstić information content (AvgIpc) is 2.55. The first kappa shape index (κ1) is 16.8. The van der Waals surface area contributed by atoms with Gasteiger partial charge < -0.3 is 14.8 Å². The second kappa shape index (κ2) is 8.19. The monoisotopic (exact) mass is 333 g/mol. The number of hydrogen-bond acceptors (Lipinski definition) is 4. The SMILES string of the molecule is Cc1ccc(Cl)cc1NC(=O)COC(=O)COc1ccccc1. The topological polar surface area (TPSA) is 64.6 Å². The minimum absolute atomic E-state index is 0.256. The van der Waals surface area contributed by atoms with E-state index in [1.807, 2.05) is 13.0 Å². The molecule has 1 N–H and O–H groups in total. The van der Waals surface area contributed by atoms with Crippen LogP contribution in [-0.4, -0.2) is 25.1 Å². The summed E-state index contributed by atoms with van der Waals surface area (Å²) in [5.41, 5.74) is 1.44. The van der Waals surface area contributed by atoms with Crippen molar-refractivity contribution in [2.75, 3.05) is 18.5 Å². The molecule has 0 radical (unpaired) electrons. The fourth-order valence-corrected chi connectivity index (χ4v) is 1.93. The summed E-state index contributed by atoms with van der Waals surface area (Å²) < 4.78 is 10.1. The van der Waals surface area contributed by atoms with Gasteiger partial charge in [-0.15, -0.1) is 0 Å². The number of hydrogen-bond donors (Lipinski definition) is 1. The highest BCUT2D eigenvalue weighted by Gasteiger charge is 2.10. The van der Waals surface area contributed by atoms with E-state index < -0.39 is 11.9 Å². The van der Waals surface area contributed by atoms with E-state index in [9.17, 15) is 9.59 Å². The molecule has 0 saturated heterocycles. The molecule has 0 atom stereocenters. The molecule has 0 aliphatic rings. The van der Waals surface area contributed by atoms with Gasteiger partial charge in [0.05, 0.1) is 0 Å². The Labute approximate surface area is 139 Å². The molecule has 0 aliphatic carbocycles. The first-order valence-electron chi connectivity index (χ1n) is 6.94. The van der Waals surface area contributed by atoms with Crippen molar-refractivity contribution < 1.29 is 19.1 Å². The second-order valence-corrected chi connectivity index (χ2v) is 5.21. The van der Waals surface area contributed by atoms with Gasteiger partial charge in [-0.1, -0.05) is 35.9 Å². The minimum Gasteiger partial charge on any atom is -0.482 e. The Morgan fingerprint density at radius 3 is 2.57 bits per heavy atom. The number of halogens is 1. The largest absolute Gasteiger partial charge is 0.482 e. The van der Waals surface area contributed by atoms with Gasteiger partial charge >= 0.3 is 5.97 Å². The number of benzene rings is 2.